The standard InChI is InChI=1S/C24H24FN5O2/c1-31-19-8-5-16(14-20(19)32-2)13-17-10-12-27-23-21(17)22(26)29-24(30-23)28-11-9-15-3-6-18(25)7-4-15/h3-8,10,12,14H,9,11,13H2,1-2H3,(H3,26,27,28,29,30). The largest absolute Gasteiger partial charge is 0.493 e. The molecule has 0 bridgehead atoms. The van der Waals surface area contributed by atoms with Gasteiger partial charge in [0.25, 0.3) is 0 Å². The minimum absolute atomic E-state index is 0.248. The van der Waals surface area contributed by atoms with Crippen LogP contribution in [0.3, 0.4) is 0 Å². The molecule has 0 aliphatic rings. The number of nitrogens with two attached hydrogens (primary N) is 1. The van der Waals surface area contributed by atoms with Gasteiger partial charge in [0.15, 0.2) is 17.1 Å². The highest BCUT2D eigenvalue weighted by Gasteiger charge is 2.13. The first-order valence-corrected chi connectivity index (χ1v) is 10.2. The highest BCUT2D eigenvalue weighted by molar-refractivity contribution is 5.89. The summed E-state index contributed by atoms with van der Waals surface area (Å²) in [6.07, 6.45) is 3.03. The number of halogens is 1. The molecule has 8 heteroatoms. The summed E-state index contributed by atoms with van der Waals surface area (Å²) >= 11 is 0. The second-order valence-corrected chi connectivity index (χ2v) is 7.27. The number of aromatic nitrogens is 3. The van der Waals surface area contributed by atoms with Crippen LogP contribution >= 0.6 is 0 Å². The zero-order chi connectivity index (χ0) is 22.5. The highest BCUT2D eigenvalue weighted by atomic mass is 19.1. The van der Waals surface area contributed by atoms with E-state index >= 15 is 0 Å². The Labute approximate surface area is 185 Å². The molecule has 0 saturated heterocycles. The van der Waals surface area contributed by atoms with E-state index in [1.54, 1.807) is 32.5 Å². The molecule has 2 aromatic carbocycles. The first-order valence-electron chi connectivity index (χ1n) is 10.2. The van der Waals surface area contributed by atoms with Crippen LogP contribution in [0.25, 0.3) is 11.0 Å². The molecule has 0 radical (unpaired) electrons. The summed E-state index contributed by atoms with van der Waals surface area (Å²) in [6.45, 7) is 0.585. The third-order valence-corrected chi connectivity index (χ3v) is 5.16. The van der Waals surface area contributed by atoms with Gasteiger partial charge in [-0.1, -0.05) is 18.2 Å². The summed E-state index contributed by atoms with van der Waals surface area (Å²) in [4.78, 5) is 13.3. The molecule has 164 valence electrons. The number of hydrogen-bond acceptors (Lipinski definition) is 7. The summed E-state index contributed by atoms with van der Waals surface area (Å²) in [5, 5.41) is 3.90. The van der Waals surface area contributed by atoms with Crippen LogP contribution in [0.15, 0.2) is 54.7 Å². The normalized spacial score (nSPS) is 10.8. The van der Waals surface area contributed by atoms with Crippen molar-refractivity contribution >= 4 is 22.8 Å². The Morgan fingerprint density at radius 1 is 0.938 bits per heavy atom. The smallest absolute Gasteiger partial charge is 0.226 e. The molecular weight excluding hydrogens is 409 g/mol. The van der Waals surface area contributed by atoms with Crippen molar-refractivity contribution in [2.24, 2.45) is 0 Å². The third-order valence-electron chi connectivity index (χ3n) is 5.16. The van der Waals surface area contributed by atoms with Crippen LogP contribution in [-0.4, -0.2) is 35.7 Å². The number of nitrogens with zero attached hydrogens (tertiary/aromatic N) is 3. The van der Waals surface area contributed by atoms with Gasteiger partial charge in [0, 0.05) is 12.7 Å². The maximum absolute atomic E-state index is 13.0. The van der Waals surface area contributed by atoms with Crippen LogP contribution in [0.2, 0.25) is 0 Å². The van der Waals surface area contributed by atoms with E-state index in [-0.39, 0.29) is 5.82 Å². The zero-order valence-corrected chi connectivity index (χ0v) is 17.9. The van der Waals surface area contributed by atoms with Crippen LogP contribution in [0.4, 0.5) is 16.2 Å². The molecule has 3 N–H and O–H groups in total. The van der Waals surface area contributed by atoms with E-state index in [9.17, 15) is 4.39 Å². The SMILES string of the molecule is COc1ccc(Cc2ccnc3nc(NCCc4ccc(F)cc4)nc(N)c23)cc1OC. The summed E-state index contributed by atoms with van der Waals surface area (Å²) < 4.78 is 23.8. The third kappa shape index (κ3) is 4.69. The summed E-state index contributed by atoms with van der Waals surface area (Å²) in [7, 11) is 3.22. The molecule has 0 unspecified atom stereocenters. The Hall–Kier alpha value is -3.94. The molecule has 4 rings (SSSR count). The van der Waals surface area contributed by atoms with Gasteiger partial charge in [0.2, 0.25) is 5.95 Å². The lowest BCUT2D eigenvalue weighted by molar-refractivity contribution is 0.354. The molecule has 0 saturated carbocycles. The maximum Gasteiger partial charge on any atom is 0.226 e. The fraction of sp³-hybridized carbons (Fsp3) is 0.208. The number of anilines is 2. The Morgan fingerprint density at radius 2 is 1.69 bits per heavy atom. The first-order chi connectivity index (χ1) is 15.6. The number of hydrogen-bond donors (Lipinski definition) is 2. The topological polar surface area (TPSA) is 95.2 Å². The molecule has 2 heterocycles. The lowest BCUT2D eigenvalue weighted by Crippen LogP contribution is -2.10. The molecule has 0 fully saturated rings. The predicted octanol–water partition coefficient (Wildman–Crippen LogP) is 4.01. The zero-order valence-electron chi connectivity index (χ0n) is 17.9. The van der Waals surface area contributed by atoms with E-state index in [1.807, 2.05) is 24.3 Å². The van der Waals surface area contributed by atoms with Crippen molar-refractivity contribution in [1.82, 2.24) is 15.0 Å². The highest BCUT2D eigenvalue weighted by Crippen LogP contribution is 2.30. The molecule has 7 nitrogen and oxygen atoms in total. The molecule has 0 atom stereocenters. The van der Waals surface area contributed by atoms with Gasteiger partial charge in [-0.2, -0.15) is 9.97 Å². The number of pyridine rings is 1. The fourth-order valence-corrected chi connectivity index (χ4v) is 3.56. The number of methoxy groups -OCH3 is 2. The molecule has 0 aliphatic heterocycles. The van der Waals surface area contributed by atoms with Gasteiger partial charge in [-0.25, -0.2) is 9.37 Å². The van der Waals surface area contributed by atoms with Crippen molar-refractivity contribution < 1.29 is 13.9 Å². The quantitative estimate of drug-likeness (QED) is 0.433. The minimum Gasteiger partial charge on any atom is -0.493 e. The number of fused-ring (bicyclic) bond motifs is 1. The summed E-state index contributed by atoms with van der Waals surface area (Å²) in [5.41, 5.74) is 9.85. The van der Waals surface area contributed by atoms with Crippen LogP contribution in [0.5, 0.6) is 11.5 Å². The number of nitrogen functional groups attached to an aromatic ring is 1. The molecule has 4 aromatic rings. The number of nitrogens with one attached hydrogen (secondary N) is 1. The van der Waals surface area contributed by atoms with E-state index in [0.717, 1.165) is 22.1 Å². The predicted molar refractivity (Wildman–Crippen MR) is 123 cm³/mol. The van der Waals surface area contributed by atoms with Crippen LogP contribution in [0, 0.1) is 5.82 Å². The Bertz CT molecular complexity index is 1230. The van der Waals surface area contributed by atoms with Gasteiger partial charge in [0.1, 0.15) is 11.6 Å². The Balaban J connectivity index is 1.53. The summed E-state index contributed by atoms with van der Waals surface area (Å²) in [6, 6.07) is 14.1. The molecule has 0 aliphatic carbocycles. The van der Waals surface area contributed by atoms with Crippen molar-refractivity contribution in [2.75, 3.05) is 31.8 Å². The van der Waals surface area contributed by atoms with Crippen LogP contribution < -0.4 is 20.5 Å². The second kappa shape index (κ2) is 9.47. The molecule has 32 heavy (non-hydrogen) atoms. The Kier molecular flexibility index (Phi) is 6.30. The number of ether oxygens (including phenoxy) is 2. The molecule has 0 spiro atoms. The first kappa shape index (κ1) is 21.3. The van der Waals surface area contributed by atoms with E-state index in [2.05, 4.69) is 20.3 Å². The number of benzene rings is 2. The van der Waals surface area contributed by atoms with Gasteiger partial charge in [0.05, 0.1) is 19.6 Å². The lowest BCUT2D eigenvalue weighted by Gasteiger charge is -2.12. The monoisotopic (exact) mass is 433 g/mol. The van der Waals surface area contributed by atoms with E-state index < -0.39 is 0 Å². The maximum atomic E-state index is 13.0. The van der Waals surface area contributed by atoms with Gasteiger partial charge >= 0.3 is 0 Å². The van der Waals surface area contributed by atoms with Crippen LogP contribution in [0.1, 0.15) is 16.7 Å². The van der Waals surface area contributed by atoms with E-state index in [0.29, 0.717) is 48.3 Å². The van der Waals surface area contributed by atoms with Crippen molar-refractivity contribution in [3.8, 4) is 11.5 Å². The van der Waals surface area contributed by atoms with E-state index in [1.165, 1.54) is 12.1 Å². The lowest BCUT2D eigenvalue weighted by atomic mass is 10.0. The second-order valence-electron chi connectivity index (χ2n) is 7.27. The Morgan fingerprint density at radius 3 is 2.44 bits per heavy atom. The number of rotatable bonds is 8. The van der Waals surface area contributed by atoms with Crippen molar-refractivity contribution in [3.63, 3.8) is 0 Å². The van der Waals surface area contributed by atoms with E-state index in [4.69, 9.17) is 15.2 Å². The van der Waals surface area contributed by atoms with Crippen molar-refractivity contribution in [2.45, 2.75) is 12.8 Å². The average Bonchev–Trinajstić information content (AvgIpc) is 2.80. The van der Waals surface area contributed by atoms with Crippen LogP contribution in [-0.2, 0) is 12.8 Å². The van der Waals surface area contributed by atoms with Gasteiger partial charge < -0.3 is 20.5 Å². The van der Waals surface area contributed by atoms with Gasteiger partial charge in [-0.15, -0.1) is 0 Å². The van der Waals surface area contributed by atoms with Crippen molar-refractivity contribution in [1.29, 1.82) is 0 Å². The van der Waals surface area contributed by atoms with Gasteiger partial charge in [-0.3, -0.25) is 0 Å². The summed E-state index contributed by atoms with van der Waals surface area (Å²) in [5.74, 6) is 1.87. The minimum atomic E-state index is -0.248. The van der Waals surface area contributed by atoms with Gasteiger partial charge in [-0.05, 0) is 59.9 Å². The average molecular weight is 433 g/mol. The molecular formula is C24H24FN5O2. The molecule has 0 amide bonds. The molecule has 2 aromatic heterocycles. The van der Waals surface area contributed by atoms with Crippen molar-refractivity contribution in [3.05, 3.63) is 77.2 Å². The fourth-order valence-electron chi connectivity index (χ4n) is 3.56.